The van der Waals surface area contributed by atoms with E-state index < -0.39 is 0 Å². The first-order valence-electron chi connectivity index (χ1n) is 5.16. The maximum absolute atomic E-state index is 9.05. The zero-order chi connectivity index (χ0) is 11.5. The fraction of sp³-hybridized carbons (Fsp3) is 0.364. The molecular weight excluding hydrogens is 226 g/mol. The lowest BCUT2D eigenvalue weighted by molar-refractivity contribution is 0.276. The second kappa shape index (κ2) is 4.82. The van der Waals surface area contributed by atoms with Crippen LogP contribution in [0.4, 0.5) is 0 Å². The molecule has 1 aromatic carbocycles. The summed E-state index contributed by atoms with van der Waals surface area (Å²) in [7, 11) is 1.87. The van der Waals surface area contributed by atoms with E-state index in [0.717, 1.165) is 16.9 Å². The van der Waals surface area contributed by atoms with Gasteiger partial charge in [0.1, 0.15) is 5.82 Å². The number of imidazole rings is 1. The highest BCUT2D eigenvalue weighted by molar-refractivity contribution is 6.31. The molecule has 0 atom stereocenters. The van der Waals surface area contributed by atoms with Crippen LogP contribution in [0.3, 0.4) is 0 Å². The van der Waals surface area contributed by atoms with Gasteiger partial charge in [-0.05, 0) is 25.2 Å². The Balaban J connectivity index is 2.56. The van der Waals surface area contributed by atoms with Crippen molar-refractivity contribution >= 4 is 22.6 Å². The highest BCUT2D eigenvalue weighted by atomic mass is 35.5. The zero-order valence-corrected chi connectivity index (χ0v) is 9.83. The molecule has 0 unspecified atom stereocenters. The molecule has 2 aromatic rings. The Bertz CT molecular complexity index is 495. The SMILES string of the molecule is CNCc1nc2cc(Cl)ccc2n1CCO. The monoisotopic (exact) mass is 239 g/mol. The molecule has 4 nitrogen and oxygen atoms in total. The number of aromatic nitrogens is 2. The molecule has 0 fully saturated rings. The lowest BCUT2D eigenvalue weighted by Gasteiger charge is -2.06. The Morgan fingerprint density at radius 3 is 3.00 bits per heavy atom. The largest absolute Gasteiger partial charge is 0.395 e. The van der Waals surface area contributed by atoms with Gasteiger partial charge in [0.05, 0.1) is 24.2 Å². The van der Waals surface area contributed by atoms with Crippen LogP contribution in [0.5, 0.6) is 0 Å². The van der Waals surface area contributed by atoms with Crippen LogP contribution < -0.4 is 5.32 Å². The lowest BCUT2D eigenvalue weighted by atomic mass is 10.3. The first kappa shape index (κ1) is 11.4. The fourth-order valence-electron chi connectivity index (χ4n) is 1.80. The van der Waals surface area contributed by atoms with Crippen LogP contribution in [-0.2, 0) is 13.1 Å². The third kappa shape index (κ3) is 2.04. The predicted octanol–water partition coefficient (Wildman–Crippen LogP) is 1.40. The molecule has 0 saturated carbocycles. The van der Waals surface area contributed by atoms with Crippen LogP contribution >= 0.6 is 11.6 Å². The minimum atomic E-state index is 0.102. The third-order valence-electron chi connectivity index (χ3n) is 2.45. The number of halogens is 1. The van der Waals surface area contributed by atoms with Gasteiger partial charge in [0.2, 0.25) is 0 Å². The molecule has 5 heteroatoms. The van der Waals surface area contributed by atoms with Gasteiger partial charge in [-0.3, -0.25) is 0 Å². The van der Waals surface area contributed by atoms with Crippen LogP contribution in [0.25, 0.3) is 11.0 Å². The van der Waals surface area contributed by atoms with Crippen molar-refractivity contribution in [2.75, 3.05) is 13.7 Å². The van der Waals surface area contributed by atoms with Gasteiger partial charge in [-0.15, -0.1) is 0 Å². The number of aliphatic hydroxyl groups excluding tert-OH is 1. The zero-order valence-electron chi connectivity index (χ0n) is 9.07. The molecule has 0 saturated heterocycles. The van der Waals surface area contributed by atoms with Gasteiger partial charge in [0.15, 0.2) is 0 Å². The average Bonchev–Trinajstić information content (AvgIpc) is 2.57. The Morgan fingerprint density at radius 2 is 2.31 bits per heavy atom. The number of aliphatic hydroxyl groups is 1. The Labute approximate surface area is 98.9 Å². The first-order chi connectivity index (χ1) is 7.76. The van der Waals surface area contributed by atoms with Crippen LogP contribution in [-0.4, -0.2) is 28.3 Å². The molecule has 0 spiro atoms. The van der Waals surface area contributed by atoms with E-state index in [4.69, 9.17) is 16.7 Å². The van der Waals surface area contributed by atoms with E-state index in [0.29, 0.717) is 18.1 Å². The second-order valence-corrected chi connectivity index (χ2v) is 4.00. The highest BCUT2D eigenvalue weighted by Gasteiger charge is 2.09. The second-order valence-electron chi connectivity index (χ2n) is 3.57. The average molecular weight is 240 g/mol. The molecule has 2 rings (SSSR count). The maximum Gasteiger partial charge on any atom is 0.123 e. The molecule has 2 N–H and O–H groups in total. The molecule has 0 aliphatic rings. The summed E-state index contributed by atoms with van der Waals surface area (Å²) in [5, 5.41) is 12.8. The molecular formula is C11H14ClN3O. The van der Waals surface area contributed by atoms with Crippen molar-refractivity contribution in [3.8, 4) is 0 Å². The minimum absolute atomic E-state index is 0.102. The Morgan fingerprint density at radius 1 is 1.50 bits per heavy atom. The van der Waals surface area contributed by atoms with Gasteiger partial charge in [-0.1, -0.05) is 11.6 Å². The molecule has 0 amide bonds. The van der Waals surface area contributed by atoms with E-state index in [9.17, 15) is 0 Å². The summed E-state index contributed by atoms with van der Waals surface area (Å²) in [6.07, 6.45) is 0. The maximum atomic E-state index is 9.05. The number of hydrogen-bond acceptors (Lipinski definition) is 3. The molecule has 0 radical (unpaired) electrons. The predicted molar refractivity (Wildman–Crippen MR) is 64.6 cm³/mol. The summed E-state index contributed by atoms with van der Waals surface area (Å²) < 4.78 is 2.00. The number of rotatable bonds is 4. The van der Waals surface area contributed by atoms with E-state index in [1.54, 1.807) is 0 Å². The van der Waals surface area contributed by atoms with Crippen LogP contribution in [0.15, 0.2) is 18.2 Å². The normalized spacial score (nSPS) is 11.2. The van der Waals surface area contributed by atoms with Gasteiger partial charge in [0, 0.05) is 11.6 Å². The quantitative estimate of drug-likeness (QED) is 0.848. The number of nitrogens with one attached hydrogen (secondary N) is 1. The third-order valence-corrected chi connectivity index (χ3v) is 2.68. The topological polar surface area (TPSA) is 50.1 Å². The van der Waals surface area contributed by atoms with Crippen LogP contribution in [0.2, 0.25) is 5.02 Å². The van der Waals surface area contributed by atoms with E-state index >= 15 is 0 Å². The van der Waals surface area contributed by atoms with Crippen molar-refractivity contribution in [3.05, 3.63) is 29.0 Å². The van der Waals surface area contributed by atoms with Crippen LogP contribution in [0.1, 0.15) is 5.82 Å². The van der Waals surface area contributed by atoms with Gasteiger partial charge < -0.3 is 15.0 Å². The molecule has 0 aliphatic carbocycles. The van der Waals surface area contributed by atoms with Crippen molar-refractivity contribution in [1.29, 1.82) is 0 Å². The van der Waals surface area contributed by atoms with Gasteiger partial charge in [0.25, 0.3) is 0 Å². The minimum Gasteiger partial charge on any atom is -0.395 e. The number of hydrogen-bond donors (Lipinski definition) is 2. The van der Waals surface area contributed by atoms with E-state index in [-0.39, 0.29) is 6.61 Å². The number of nitrogens with zero attached hydrogens (tertiary/aromatic N) is 2. The lowest BCUT2D eigenvalue weighted by Crippen LogP contribution is -2.13. The van der Waals surface area contributed by atoms with Gasteiger partial charge >= 0.3 is 0 Å². The summed E-state index contributed by atoms with van der Waals surface area (Å²) in [4.78, 5) is 4.49. The van der Waals surface area contributed by atoms with Crippen molar-refractivity contribution in [3.63, 3.8) is 0 Å². The smallest absolute Gasteiger partial charge is 0.123 e. The highest BCUT2D eigenvalue weighted by Crippen LogP contribution is 2.20. The Kier molecular flexibility index (Phi) is 3.43. The summed E-state index contributed by atoms with van der Waals surface area (Å²) in [6, 6.07) is 5.60. The first-order valence-corrected chi connectivity index (χ1v) is 5.54. The molecule has 86 valence electrons. The fourth-order valence-corrected chi connectivity index (χ4v) is 1.96. The van der Waals surface area contributed by atoms with E-state index in [1.165, 1.54) is 0 Å². The molecule has 1 aromatic heterocycles. The Hall–Kier alpha value is -1.10. The number of benzene rings is 1. The van der Waals surface area contributed by atoms with Crippen molar-refractivity contribution in [2.45, 2.75) is 13.1 Å². The van der Waals surface area contributed by atoms with Crippen molar-refractivity contribution < 1.29 is 5.11 Å². The molecule has 16 heavy (non-hydrogen) atoms. The van der Waals surface area contributed by atoms with Gasteiger partial charge in [-0.25, -0.2) is 4.98 Å². The summed E-state index contributed by atoms with van der Waals surface area (Å²) in [6.45, 7) is 1.33. The van der Waals surface area contributed by atoms with Crippen LogP contribution in [0, 0.1) is 0 Å². The number of fused-ring (bicyclic) bond motifs is 1. The van der Waals surface area contributed by atoms with Gasteiger partial charge in [-0.2, -0.15) is 0 Å². The summed E-state index contributed by atoms with van der Waals surface area (Å²) in [5.74, 6) is 0.911. The van der Waals surface area contributed by atoms with E-state index in [1.807, 2.05) is 29.8 Å². The van der Waals surface area contributed by atoms with E-state index in [2.05, 4.69) is 10.3 Å². The molecule has 1 heterocycles. The standard InChI is InChI=1S/C11H14ClN3O/c1-13-7-11-14-9-6-8(12)2-3-10(9)15(11)4-5-16/h2-3,6,13,16H,4-5,7H2,1H3. The van der Waals surface area contributed by atoms with Crippen molar-refractivity contribution in [2.24, 2.45) is 0 Å². The van der Waals surface area contributed by atoms with Crippen molar-refractivity contribution in [1.82, 2.24) is 14.9 Å². The summed E-state index contributed by atoms with van der Waals surface area (Å²) in [5.41, 5.74) is 1.87. The molecule has 0 aliphatic heterocycles. The summed E-state index contributed by atoms with van der Waals surface area (Å²) >= 11 is 5.92. The molecule has 0 bridgehead atoms.